The van der Waals surface area contributed by atoms with Crippen molar-refractivity contribution >= 4 is 12.0 Å². The number of ether oxygens (including phenoxy) is 1. The summed E-state index contributed by atoms with van der Waals surface area (Å²) < 4.78 is 35.3. The number of aryl methyl sites for hydroxylation is 1. The number of halogens is 2. The number of imidazole rings is 1. The Hall–Kier alpha value is -3.48. The SMILES string of the molecule is Cc1cn(-c2ccc(/C=C3\O[C@@H](C)CN([C@@H](C)c4ccc(F)cc4)C3=O)cc2F)cn1. The second kappa shape index (κ2) is 8.34. The molecule has 160 valence electrons. The number of benzene rings is 2. The van der Waals surface area contributed by atoms with Gasteiger partial charge in [0.15, 0.2) is 5.76 Å². The molecule has 2 atom stereocenters. The summed E-state index contributed by atoms with van der Waals surface area (Å²) in [7, 11) is 0. The highest BCUT2D eigenvalue weighted by Gasteiger charge is 2.32. The Kier molecular flexibility index (Phi) is 5.59. The molecule has 1 aliphatic rings. The number of morpholine rings is 1. The number of hydrogen-bond donors (Lipinski definition) is 0. The van der Waals surface area contributed by atoms with Gasteiger partial charge in [-0.05, 0) is 62.2 Å². The number of nitrogens with zero attached hydrogens (tertiary/aromatic N) is 3. The number of carbonyl (C=O) groups excluding carboxylic acids is 1. The van der Waals surface area contributed by atoms with Crippen LogP contribution >= 0.6 is 0 Å². The average Bonchev–Trinajstić information content (AvgIpc) is 3.16. The minimum absolute atomic E-state index is 0.151. The maximum absolute atomic E-state index is 14.7. The summed E-state index contributed by atoms with van der Waals surface area (Å²) in [6.07, 6.45) is 4.61. The van der Waals surface area contributed by atoms with E-state index < -0.39 is 5.82 Å². The standard InChI is InChI=1S/C24H23F2N3O2/c1-15-12-28(14-27-15)22-9-4-18(10-21(22)26)11-23-24(30)29(13-16(2)31-23)17(3)19-5-7-20(25)8-6-19/h4-12,14,16-17H,13H2,1-3H3/b23-11-/t16-,17-/m0/s1. The van der Waals surface area contributed by atoms with Crippen LogP contribution in [-0.2, 0) is 9.53 Å². The molecule has 1 aliphatic heterocycles. The molecule has 1 aromatic heterocycles. The minimum Gasteiger partial charge on any atom is -0.483 e. The van der Waals surface area contributed by atoms with Crippen LogP contribution in [0.2, 0.25) is 0 Å². The molecule has 1 saturated heterocycles. The lowest BCUT2D eigenvalue weighted by atomic mass is 10.0. The van der Waals surface area contributed by atoms with E-state index in [4.69, 9.17) is 4.74 Å². The predicted octanol–water partition coefficient (Wildman–Crippen LogP) is 4.81. The third kappa shape index (κ3) is 4.35. The molecule has 1 fully saturated rings. The molecule has 1 amide bonds. The van der Waals surface area contributed by atoms with Crippen molar-refractivity contribution in [1.29, 1.82) is 0 Å². The van der Waals surface area contributed by atoms with E-state index in [0.29, 0.717) is 17.8 Å². The molecule has 2 aromatic carbocycles. The Bertz CT molecular complexity index is 1140. The molecule has 0 saturated carbocycles. The third-order valence-corrected chi connectivity index (χ3v) is 5.33. The average molecular weight is 423 g/mol. The van der Waals surface area contributed by atoms with Crippen LogP contribution in [0.15, 0.2) is 60.7 Å². The molecule has 5 nitrogen and oxygen atoms in total. The second-order valence-electron chi connectivity index (χ2n) is 7.76. The molecule has 3 aromatic rings. The third-order valence-electron chi connectivity index (χ3n) is 5.33. The number of amides is 1. The van der Waals surface area contributed by atoms with Crippen molar-refractivity contribution in [3.63, 3.8) is 0 Å². The van der Waals surface area contributed by atoms with E-state index in [9.17, 15) is 13.6 Å². The van der Waals surface area contributed by atoms with Crippen LogP contribution in [0.5, 0.6) is 0 Å². The van der Waals surface area contributed by atoms with Gasteiger partial charge in [0.25, 0.3) is 5.91 Å². The molecule has 0 bridgehead atoms. The van der Waals surface area contributed by atoms with Crippen LogP contribution in [0.1, 0.15) is 36.7 Å². The Morgan fingerprint density at radius 1 is 1.19 bits per heavy atom. The molecular weight excluding hydrogens is 400 g/mol. The summed E-state index contributed by atoms with van der Waals surface area (Å²) in [4.78, 5) is 18.9. The van der Waals surface area contributed by atoms with Crippen molar-refractivity contribution in [3.8, 4) is 5.69 Å². The summed E-state index contributed by atoms with van der Waals surface area (Å²) in [5.74, 6) is -0.892. The second-order valence-corrected chi connectivity index (χ2v) is 7.76. The maximum Gasteiger partial charge on any atom is 0.289 e. The number of aromatic nitrogens is 2. The van der Waals surface area contributed by atoms with Crippen LogP contribution in [0.4, 0.5) is 8.78 Å². The Morgan fingerprint density at radius 3 is 2.58 bits per heavy atom. The Balaban J connectivity index is 1.60. The quantitative estimate of drug-likeness (QED) is 0.566. The highest BCUT2D eigenvalue weighted by atomic mass is 19.1. The molecule has 0 spiro atoms. The van der Waals surface area contributed by atoms with Gasteiger partial charge in [-0.25, -0.2) is 13.8 Å². The van der Waals surface area contributed by atoms with Crippen LogP contribution in [0, 0.1) is 18.6 Å². The number of hydrogen-bond acceptors (Lipinski definition) is 3. The normalized spacial score (nSPS) is 18.9. The van der Waals surface area contributed by atoms with Gasteiger partial charge < -0.3 is 14.2 Å². The summed E-state index contributed by atoms with van der Waals surface area (Å²) in [6.45, 7) is 6.00. The van der Waals surface area contributed by atoms with Crippen LogP contribution in [0.25, 0.3) is 11.8 Å². The molecule has 31 heavy (non-hydrogen) atoms. The van der Waals surface area contributed by atoms with Gasteiger partial charge in [0.1, 0.15) is 17.7 Å². The zero-order chi connectivity index (χ0) is 22.1. The van der Waals surface area contributed by atoms with Crippen LogP contribution in [0.3, 0.4) is 0 Å². The van der Waals surface area contributed by atoms with Gasteiger partial charge in [-0.3, -0.25) is 4.79 Å². The lowest BCUT2D eigenvalue weighted by molar-refractivity contribution is -0.141. The summed E-state index contributed by atoms with van der Waals surface area (Å²) >= 11 is 0. The molecule has 0 N–H and O–H groups in total. The minimum atomic E-state index is -0.431. The van der Waals surface area contributed by atoms with Crippen molar-refractivity contribution in [2.45, 2.75) is 32.9 Å². The highest BCUT2D eigenvalue weighted by molar-refractivity contribution is 5.96. The van der Waals surface area contributed by atoms with E-state index in [2.05, 4.69) is 4.98 Å². The van der Waals surface area contributed by atoms with Crippen molar-refractivity contribution in [2.24, 2.45) is 0 Å². The summed E-state index contributed by atoms with van der Waals surface area (Å²) in [5.41, 5.74) is 2.51. The van der Waals surface area contributed by atoms with Crippen molar-refractivity contribution in [1.82, 2.24) is 14.5 Å². The van der Waals surface area contributed by atoms with Gasteiger partial charge in [0.05, 0.1) is 30.3 Å². The first-order valence-corrected chi connectivity index (χ1v) is 10.1. The van der Waals surface area contributed by atoms with Crippen LogP contribution in [-0.4, -0.2) is 33.0 Å². The van der Waals surface area contributed by atoms with Gasteiger partial charge >= 0.3 is 0 Å². The lowest BCUT2D eigenvalue weighted by Gasteiger charge is -2.37. The van der Waals surface area contributed by atoms with Crippen molar-refractivity contribution in [3.05, 3.63) is 89.2 Å². The van der Waals surface area contributed by atoms with Gasteiger partial charge in [0, 0.05) is 6.20 Å². The molecule has 0 radical (unpaired) electrons. The van der Waals surface area contributed by atoms with Gasteiger partial charge in [-0.2, -0.15) is 0 Å². The predicted molar refractivity (Wildman–Crippen MR) is 113 cm³/mol. The molecule has 4 rings (SSSR count). The molecule has 0 unspecified atom stereocenters. The first kappa shape index (κ1) is 20.8. The van der Waals surface area contributed by atoms with Gasteiger partial charge in [0.2, 0.25) is 0 Å². The van der Waals surface area contributed by atoms with E-state index in [-0.39, 0.29) is 29.6 Å². The summed E-state index contributed by atoms with van der Waals surface area (Å²) in [5, 5.41) is 0. The lowest BCUT2D eigenvalue weighted by Crippen LogP contribution is -2.45. The zero-order valence-electron chi connectivity index (χ0n) is 17.5. The fourth-order valence-corrected chi connectivity index (χ4v) is 3.68. The van der Waals surface area contributed by atoms with Gasteiger partial charge in [-0.15, -0.1) is 0 Å². The fraction of sp³-hybridized carbons (Fsp3) is 0.250. The fourth-order valence-electron chi connectivity index (χ4n) is 3.68. The molecule has 7 heteroatoms. The van der Waals surface area contributed by atoms with E-state index in [0.717, 1.165) is 11.3 Å². The van der Waals surface area contributed by atoms with Gasteiger partial charge in [-0.1, -0.05) is 18.2 Å². The largest absolute Gasteiger partial charge is 0.483 e. The maximum atomic E-state index is 14.7. The number of carbonyl (C=O) groups is 1. The van der Waals surface area contributed by atoms with E-state index in [1.807, 2.05) is 20.8 Å². The first-order valence-electron chi connectivity index (χ1n) is 10.1. The smallest absolute Gasteiger partial charge is 0.289 e. The number of rotatable bonds is 4. The van der Waals surface area contributed by atoms with Crippen LogP contribution < -0.4 is 0 Å². The molecular formula is C24H23F2N3O2. The first-order chi connectivity index (χ1) is 14.8. The highest BCUT2D eigenvalue weighted by Crippen LogP contribution is 2.28. The summed E-state index contributed by atoms with van der Waals surface area (Å²) in [6, 6.07) is 10.6. The topological polar surface area (TPSA) is 47.4 Å². The zero-order valence-corrected chi connectivity index (χ0v) is 17.5. The molecule has 2 heterocycles. The monoisotopic (exact) mass is 423 g/mol. The van der Waals surface area contributed by atoms with Crippen molar-refractivity contribution in [2.75, 3.05) is 6.54 Å². The molecule has 0 aliphatic carbocycles. The van der Waals surface area contributed by atoms with E-state index in [1.165, 1.54) is 18.2 Å². The van der Waals surface area contributed by atoms with E-state index in [1.54, 1.807) is 52.3 Å². The Morgan fingerprint density at radius 2 is 1.94 bits per heavy atom. The Labute approximate surface area is 179 Å². The van der Waals surface area contributed by atoms with E-state index >= 15 is 0 Å². The van der Waals surface area contributed by atoms with Crippen molar-refractivity contribution < 1.29 is 18.3 Å².